The SMILES string of the molecule is O=C(NC(CO)Cc1ccccc1)c1nn2c(c1F)OCC2. The molecule has 22 heavy (non-hydrogen) atoms. The summed E-state index contributed by atoms with van der Waals surface area (Å²) in [5.41, 5.74) is 0.666. The Kier molecular flexibility index (Phi) is 4.06. The van der Waals surface area contributed by atoms with Crippen molar-refractivity contribution in [3.8, 4) is 5.88 Å². The number of hydrogen-bond acceptors (Lipinski definition) is 4. The number of hydrogen-bond donors (Lipinski definition) is 2. The van der Waals surface area contributed by atoms with E-state index >= 15 is 0 Å². The van der Waals surface area contributed by atoms with Crippen LogP contribution in [0, 0.1) is 5.82 Å². The Morgan fingerprint density at radius 2 is 2.23 bits per heavy atom. The summed E-state index contributed by atoms with van der Waals surface area (Å²) in [6.07, 6.45) is 0.453. The topological polar surface area (TPSA) is 76.4 Å². The molecule has 0 bridgehead atoms. The largest absolute Gasteiger partial charge is 0.474 e. The summed E-state index contributed by atoms with van der Waals surface area (Å²) in [6.45, 7) is 0.535. The van der Waals surface area contributed by atoms with Crippen LogP contribution in [0.2, 0.25) is 0 Å². The maximum atomic E-state index is 14.0. The van der Waals surface area contributed by atoms with Gasteiger partial charge in [-0.05, 0) is 12.0 Å². The van der Waals surface area contributed by atoms with E-state index < -0.39 is 17.8 Å². The molecule has 2 aromatic rings. The first-order chi connectivity index (χ1) is 10.7. The third-order valence-electron chi connectivity index (χ3n) is 3.49. The zero-order valence-corrected chi connectivity index (χ0v) is 11.8. The minimum absolute atomic E-state index is 0.00578. The molecule has 1 unspecified atom stereocenters. The van der Waals surface area contributed by atoms with E-state index in [0.29, 0.717) is 19.6 Å². The number of aromatic nitrogens is 2. The van der Waals surface area contributed by atoms with Crippen LogP contribution in [0.25, 0.3) is 0 Å². The average Bonchev–Trinajstić information content (AvgIpc) is 3.11. The van der Waals surface area contributed by atoms with Gasteiger partial charge in [0.05, 0.1) is 19.2 Å². The molecule has 7 heteroatoms. The number of nitrogens with one attached hydrogen (secondary N) is 1. The Hall–Kier alpha value is -2.41. The predicted octanol–water partition coefficient (Wildman–Crippen LogP) is 0.748. The molecule has 0 fully saturated rings. The number of halogens is 1. The minimum atomic E-state index is -0.758. The summed E-state index contributed by atoms with van der Waals surface area (Å²) in [5.74, 6) is -1.42. The van der Waals surface area contributed by atoms with Crippen LogP contribution in [-0.4, -0.2) is 40.0 Å². The van der Waals surface area contributed by atoms with Crippen molar-refractivity contribution in [1.82, 2.24) is 15.1 Å². The second-order valence-corrected chi connectivity index (χ2v) is 5.08. The van der Waals surface area contributed by atoms with Crippen LogP contribution in [0.3, 0.4) is 0 Å². The van der Waals surface area contributed by atoms with Crippen molar-refractivity contribution in [2.45, 2.75) is 19.0 Å². The van der Waals surface area contributed by atoms with E-state index in [0.717, 1.165) is 5.56 Å². The average molecular weight is 305 g/mol. The molecular formula is C15H16FN3O3. The van der Waals surface area contributed by atoms with Crippen molar-refractivity contribution >= 4 is 5.91 Å². The van der Waals surface area contributed by atoms with Gasteiger partial charge >= 0.3 is 0 Å². The van der Waals surface area contributed by atoms with Gasteiger partial charge in [-0.25, -0.2) is 4.68 Å². The summed E-state index contributed by atoms with van der Waals surface area (Å²) < 4.78 is 20.4. The van der Waals surface area contributed by atoms with E-state index in [1.54, 1.807) is 0 Å². The van der Waals surface area contributed by atoms with Crippen LogP contribution in [0.15, 0.2) is 30.3 Å². The number of carbonyl (C=O) groups excluding carboxylic acids is 1. The fourth-order valence-corrected chi connectivity index (χ4v) is 2.40. The predicted molar refractivity (Wildman–Crippen MR) is 76.2 cm³/mol. The number of aliphatic hydroxyl groups is 1. The van der Waals surface area contributed by atoms with Gasteiger partial charge in [0.2, 0.25) is 11.7 Å². The van der Waals surface area contributed by atoms with Gasteiger partial charge in [0.25, 0.3) is 5.91 Å². The van der Waals surface area contributed by atoms with Gasteiger partial charge in [-0.1, -0.05) is 30.3 Å². The Bertz CT molecular complexity index is 672. The van der Waals surface area contributed by atoms with Crippen LogP contribution in [0.4, 0.5) is 4.39 Å². The molecule has 0 saturated heterocycles. The zero-order chi connectivity index (χ0) is 15.5. The van der Waals surface area contributed by atoms with Gasteiger partial charge in [-0.3, -0.25) is 4.79 Å². The minimum Gasteiger partial charge on any atom is -0.474 e. The van der Waals surface area contributed by atoms with Crippen molar-refractivity contribution in [2.24, 2.45) is 0 Å². The summed E-state index contributed by atoms with van der Waals surface area (Å²) in [6, 6.07) is 8.93. The van der Waals surface area contributed by atoms with Crippen LogP contribution >= 0.6 is 0 Å². The van der Waals surface area contributed by atoms with E-state index in [1.807, 2.05) is 30.3 Å². The van der Waals surface area contributed by atoms with Gasteiger partial charge in [-0.15, -0.1) is 0 Å². The lowest BCUT2D eigenvalue weighted by Gasteiger charge is -2.15. The first-order valence-corrected chi connectivity index (χ1v) is 7.03. The van der Waals surface area contributed by atoms with E-state index in [-0.39, 0.29) is 18.2 Å². The summed E-state index contributed by atoms with van der Waals surface area (Å²) in [4.78, 5) is 12.1. The van der Waals surface area contributed by atoms with Crippen molar-refractivity contribution in [2.75, 3.05) is 13.2 Å². The zero-order valence-electron chi connectivity index (χ0n) is 11.8. The van der Waals surface area contributed by atoms with Gasteiger partial charge < -0.3 is 15.2 Å². The molecule has 2 heterocycles. The maximum absolute atomic E-state index is 14.0. The number of ether oxygens (including phenoxy) is 1. The van der Waals surface area contributed by atoms with Gasteiger partial charge in [0.1, 0.15) is 6.61 Å². The van der Waals surface area contributed by atoms with E-state index in [2.05, 4.69) is 10.4 Å². The number of benzene rings is 1. The Morgan fingerprint density at radius 1 is 1.45 bits per heavy atom. The Balaban J connectivity index is 1.70. The molecule has 2 N–H and O–H groups in total. The molecule has 0 radical (unpaired) electrons. The number of amides is 1. The maximum Gasteiger partial charge on any atom is 0.275 e. The first kappa shape index (κ1) is 14.5. The molecule has 1 aliphatic heterocycles. The lowest BCUT2D eigenvalue weighted by Crippen LogP contribution is -2.39. The van der Waals surface area contributed by atoms with E-state index in [1.165, 1.54) is 4.68 Å². The van der Waals surface area contributed by atoms with Crippen LogP contribution in [0.1, 0.15) is 16.1 Å². The second kappa shape index (κ2) is 6.15. The van der Waals surface area contributed by atoms with E-state index in [9.17, 15) is 14.3 Å². The quantitative estimate of drug-likeness (QED) is 0.854. The highest BCUT2D eigenvalue weighted by molar-refractivity contribution is 5.93. The molecule has 3 rings (SSSR count). The normalized spacial score (nSPS) is 14.3. The lowest BCUT2D eigenvalue weighted by atomic mass is 10.1. The number of fused-ring (bicyclic) bond motifs is 1. The summed E-state index contributed by atoms with van der Waals surface area (Å²) in [7, 11) is 0. The highest BCUT2D eigenvalue weighted by atomic mass is 19.1. The highest BCUT2D eigenvalue weighted by Crippen LogP contribution is 2.24. The highest BCUT2D eigenvalue weighted by Gasteiger charge is 2.28. The molecule has 1 aromatic carbocycles. The molecule has 1 aromatic heterocycles. The molecule has 1 amide bonds. The van der Waals surface area contributed by atoms with E-state index in [4.69, 9.17) is 4.74 Å². The molecule has 116 valence electrons. The Labute approximate surface area is 126 Å². The molecule has 0 aliphatic carbocycles. The first-order valence-electron chi connectivity index (χ1n) is 7.03. The monoisotopic (exact) mass is 305 g/mol. The fraction of sp³-hybridized carbons (Fsp3) is 0.333. The van der Waals surface area contributed by atoms with Crippen LogP contribution in [-0.2, 0) is 13.0 Å². The van der Waals surface area contributed by atoms with Crippen molar-refractivity contribution in [3.05, 3.63) is 47.4 Å². The molecule has 0 spiro atoms. The molecular weight excluding hydrogens is 289 g/mol. The third-order valence-corrected chi connectivity index (χ3v) is 3.49. The molecule has 0 saturated carbocycles. The molecule has 1 aliphatic rings. The van der Waals surface area contributed by atoms with Gasteiger partial charge in [-0.2, -0.15) is 9.49 Å². The fourth-order valence-electron chi connectivity index (χ4n) is 2.40. The van der Waals surface area contributed by atoms with Crippen molar-refractivity contribution in [1.29, 1.82) is 0 Å². The van der Waals surface area contributed by atoms with Gasteiger partial charge in [0, 0.05) is 0 Å². The molecule has 1 atom stereocenters. The summed E-state index contributed by atoms with van der Waals surface area (Å²) >= 11 is 0. The number of rotatable bonds is 5. The molecule has 6 nitrogen and oxygen atoms in total. The van der Waals surface area contributed by atoms with Crippen LogP contribution < -0.4 is 10.1 Å². The smallest absolute Gasteiger partial charge is 0.275 e. The second-order valence-electron chi connectivity index (χ2n) is 5.08. The number of aliphatic hydroxyl groups excluding tert-OH is 1. The number of nitrogens with zero attached hydrogens (tertiary/aromatic N) is 2. The number of carbonyl (C=O) groups is 1. The van der Waals surface area contributed by atoms with Gasteiger partial charge in [0.15, 0.2) is 5.69 Å². The van der Waals surface area contributed by atoms with Crippen molar-refractivity contribution < 1.29 is 19.0 Å². The Morgan fingerprint density at radius 3 is 2.91 bits per heavy atom. The third kappa shape index (κ3) is 2.80. The lowest BCUT2D eigenvalue weighted by molar-refractivity contribution is 0.0906. The van der Waals surface area contributed by atoms with Crippen LogP contribution in [0.5, 0.6) is 5.88 Å². The standard InChI is InChI=1S/C15H16FN3O3/c16-12-13(18-19-6-7-22-15(12)19)14(21)17-11(9-20)8-10-4-2-1-3-5-10/h1-5,11,20H,6-9H2,(H,17,21). The van der Waals surface area contributed by atoms with Crippen molar-refractivity contribution in [3.63, 3.8) is 0 Å². The summed E-state index contributed by atoms with van der Waals surface area (Å²) in [5, 5.41) is 15.9.